The molecule has 1 atom stereocenters. The topological polar surface area (TPSA) is 28.2 Å². The molecule has 3 nitrogen and oxygen atoms in total. The van der Waals surface area contributed by atoms with Gasteiger partial charge in [0, 0.05) is 37.0 Å². The highest BCUT2D eigenvalue weighted by Gasteiger charge is 2.19. The lowest BCUT2D eigenvalue weighted by molar-refractivity contribution is 0.187. The highest BCUT2D eigenvalue weighted by atomic mass is 32.1. The van der Waals surface area contributed by atoms with Crippen molar-refractivity contribution in [3.05, 3.63) is 16.1 Å². The zero-order chi connectivity index (χ0) is 13.0. The van der Waals surface area contributed by atoms with Crippen molar-refractivity contribution in [2.75, 3.05) is 19.6 Å². The van der Waals surface area contributed by atoms with E-state index >= 15 is 0 Å². The summed E-state index contributed by atoms with van der Waals surface area (Å²) >= 11 is 1.76. The number of nitrogens with one attached hydrogen (secondary N) is 1. The molecule has 0 amide bonds. The van der Waals surface area contributed by atoms with Crippen LogP contribution >= 0.6 is 11.3 Å². The highest BCUT2D eigenvalue weighted by Crippen LogP contribution is 2.13. The van der Waals surface area contributed by atoms with Gasteiger partial charge in [-0.3, -0.25) is 0 Å². The van der Waals surface area contributed by atoms with Gasteiger partial charge in [0.1, 0.15) is 0 Å². The maximum Gasteiger partial charge on any atom is 0.0897 e. The average Bonchev–Trinajstić information content (AvgIpc) is 2.72. The molecule has 0 spiro atoms. The number of piperidine rings is 1. The van der Waals surface area contributed by atoms with Crippen molar-refractivity contribution in [2.45, 2.75) is 52.1 Å². The molecule has 1 aromatic rings. The second kappa shape index (κ2) is 6.64. The molecule has 1 N–H and O–H groups in total. The molecule has 0 saturated carbocycles. The Morgan fingerprint density at radius 3 is 3.06 bits per heavy atom. The van der Waals surface area contributed by atoms with E-state index in [4.69, 9.17) is 0 Å². The Morgan fingerprint density at radius 2 is 2.39 bits per heavy atom. The van der Waals surface area contributed by atoms with Gasteiger partial charge in [0.25, 0.3) is 0 Å². The molecule has 18 heavy (non-hydrogen) atoms. The van der Waals surface area contributed by atoms with Crippen LogP contribution in [0.5, 0.6) is 0 Å². The number of aromatic nitrogens is 1. The lowest BCUT2D eigenvalue weighted by Crippen LogP contribution is -2.48. The number of hydrogen-bond donors (Lipinski definition) is 1. The van der Waals surface area contributed by atoms with Gasteiger partial charge >= 0.3 is 0 Å². The van der Waals surface area contributed by atoms with Crippen LogP contribution in [0.1, 0.15) is 37.4 Å². The van der Waals surface area contributed by atoms with Crippen LogP contribution in [0.25, 0.3) is 0 Å². The van der Waals surface area contributed by atoms with Crippen LogP contribution in [0.2, 0.25) is 0 Å². The van der Waals surface area contributed by atoms with Crippen LogP contribution in [0, 0.1) is 6.92 Å². The Kier molecular flexibility index (Phi) is 5.15. The van der Waals surface area contributed by atoms with Crippen LogP contribution in [-0.4, -0.2) is 41.6 Å². The predicted octanol–water partition coefficient (Wildman–Crippen LogP) is 2.46. The average molecular weight is 267 g/mol. The van der Waals surface area contributed by atoms with E-state index in [2.05, 4.69) is 41.4 Å². The largest absolute Gasteiger partial charge is 0.311 e. The number of hydrogen-bond acceptors (Lipinski definition) is 4. The Labute approximate surface area is 115 Å². The fourth-order valence-corrected chi connectivity index (χ4v) is 3.31. The van der Waals surface area contributed by atoms with E-state index in [0.29, 0.717) is 12.1 Å². The van der Waals surface area contributed by atoms with Crippen LogP contribution in [0.4, 0.5) is 0 Å². The van der Waals surface area contributed by atoms with Crippen molar-refractivity contribution in [3.63, 3.8) is 0 Å². The van der Waals surface area contributed by atoms with Gasteiger partial charge < -0.3 is 10.2 Å². The van der Waals surface area contributed by atoms with Gasteiger partial charge in [-0.15, -0.1) is 11.3 Å². The molecule has 2 rings (SSSR count). The van der Waals surface area contributed by atoms with Gasteiger partial charge in [0.05, 0.1) is 10.7 Å². The zero-order valence-electron chi connectivity index (χ0n) is 11.8. The number of thiazole rings is 1. The summed E-state index contributed by atoms with van der Waals surface area (Å²) in [5, 5.41) is 7.04. The lowest BCUT2D eigenvalue weighted by atomic mass is 10.0. The molecular weight excluding hydrogens is 242 g/mol. The molecule has 102 valence electrons. The summed E-state index contributed by atoms with van der Waals surface area (Å²) in [6, 6.07) is 1.27. The SMILES string of the molecule is Cc1nc(CCN2CCCC(NC(C)C)C2)cs1. The first-order valence-corrected chi connectivity index (χ1v) is 7.91. The first-order valence-electron chi connectivity index (χ1n) is 7.03. The van der Waals surface area contributed by atoms with E-state index in [1.54, 1.807) is 11.3 Å². The maximum atomic E-state index is 4.54. The molecule has 1 aliphatic heterocycles. The first-order chi connectivity index (χ1) is 8.63. The minimum Gasteiger partial charge on any atom is -0.311 e. The van der Waals surface area contributed by atoms with Crippen molar-refractivity contribution >= 4 is 11.3 Å². The van der Waals surface area contributed by atoms with Crippen LogP contribution in [0.3, 0.4) is 0 Å². The van der Waals surface area contributed by atoms with Gasteiger partial charge in [-0.2, -0.15) is 0 Å². The van der Waals surface area contributed by atoms with Gasteiger partial charge in [-0.1, -0.05) is 13.8 Å². The Morgan fingerprint density at radius 1 is 1.56 bits per heavy atom. The van der Waals surface area contributed by atoms with Crippen molar-refractivity contribution in [3.8, 4) is 0 Å². The van der Waals surface area contributed by atoms with Gasteiger partial charge in [-0.25, -0.2) is 4.98 Å². The quantitative estimate of drug-likeness (QED) is 0.888. The second-order valence-electron chi connectivity index (χ2n) is 5.57. The fraction of sp³-hybridized carbons (Fsp3) is 0.786. The summed E-state index contributed by atoms with van der Waals surface area (Å²) < 4.78 is 0. The van der Waals surface area contributed by atoms with E-state index in [1.165, 1.54) is 36.6 Å². The summed E-state index contributed by atoms with van der Waals surface area (Å²) in [5.74, 6) is 0. The third-order valence-electron chi connectivity index (χ3n) is 3.43. The van der Waals surface area contributed by atoms with E-state index in [1.807, 2.05) is 0 Å². The van der Waals surface area contributed by atoms with E-state index < -0.39 is 0 Å². The number of rotatable bonds is 5. The minimum absolute atomic E-state index is 0.594. The third-order valence-corrected chi connectivity index (χ3v) is 4.25. The molecular formula is C14H25N3S. The van der Waals surface area contributed by atoms with Crippen LogP contribution in [-0.2, 0) is 6.42 Å². The third kappa shape index (κ3) is 4.34. The summed E-state index contributed by atoms with van der Waals surface area (Å²) in [4.78, 5) is 7.12. The Hall–Kier alpha value is -0.450. The lowest BCUT2D eigenvalue weighted by Gasteiger charge is -2.34. The van der Waals surface area contributed by atoms with Crippen molar-refractivity contribution < 1.29 is 0 Å². The summed E-state index contributed by atoms with van der Waals surface area (Å²) in [5.41, 5.74) is 1.26. The maximum absolute atomic E-state index is 4.54. The molecule has 0 radical (unpaired) electrons. The van der Waals surface area contributed by atoms with Crippen molar-refractivity contribution in [1.29, 1.82) is 0 Å². The number of nitrogens with zero attached hydrogens (tertiary/aromatic N) is 2. The normalized spacial score (nSPS) is 21.7. The van der Waals surface area contributed by atoms with Gasteiger partial charge in [0.15, 0.2) is 0 Å². The molecule has 1 unspecified atom stereocenters. The predicted molar refractivity (Wildman–Crippen MR) is 78.3 cm³/mol. The van der Waals surface area contributed by atoms with Crippen LogP contribution in [0.15, 0.2) is 5.38 Å². The van der Waals surface area contributed by atoms with E-state index in [9.17, 15) is 0 Å². The number of aryl methyl sites for hydroxylation is 1. The molecule has 0 aliphatic carbocycles. The van der Waals surface area contributed by atoms with Crippen molar-refractivity contribution in [1.82, 2.24) is 15.2 Å². The molecule has 1 aromatic heterocycles. The van der Waals surface area contributed by atoms with E-state index in [-0.39, 0.29) is 0 Å². The molecule has 1 saturated heterocycles. The van der Waals surface area contributed by atoms with Gasteiger partial charge in [0.2, 0.25) is 0 Å². The summed E-state index contributed by atoms with van der Waals surface area (Å²) in [6.07, 6.45) is 3.74. The zero-order valence-corrected chi connectivity index (χ0v) is 12.6. The first kappa shape index (κ1) is 14.0. The molecule has 0 aromatic carbocycles. The summed E-state index contributed by atoms with van der Waals surface area (Å²) in [7, 11) is 0. The van der Waals surface area contributed by atoms with Crippen LogP contribution < -0.4 is 5.32 Å². The molecule has 1 fully saturated rings. The second-order valence-corrected chi connectivity index (χ2v) is 6.63. The fourth-order valence-electron chi connectivity index (χ4n) is 2.66. The van der Waals surface area contributed by atoms with Crippen molar-refractivity contribution in [2.24, 2.45) is 0 Å². The molecule has 2 heterocycles. The minimum atomic E-state index is 0.594. The number of likely N-dealkylation sites (tertiary alicyclic amines) is 1. The smallest absolute Gasteiger partial charge is 0.0897 e. The highest BCUT2D eigenvalue weighted by molar-refractivity contribution is 7.09. The Bertz CT molecular complexity index is 362. The standard InChI is InChI=1S/C14H25N3S/c1-11(2)15-13-5-4-7-17(9-13)8-6-14-10-18-12(3)16-14/h10-11,13,15H,4-9H2,1-3H3. The van der Waals surface area contributed by atoms with Gasteiger partial charge in [-0.05, 0) is 26.3 Å². The molecule has 4 heteroatoms. The Balaban J connectivity index is 1.75. The molecule has 1 aliphatic rings. The van der Waals surface area contributed by atoms with E-state index in [0.717, 1.165) is 13.0 Å². The summed E-state index contributed by atoms with van der Waals surface area (Å²) in [6.45, 7) is 10.1. The monoisotopic (exact) mass is 267 g/mol. The molecule has 0 bridgehead atoms.